The molecule has 284 valence electrons. The summed E-state index contributed by atoms with van der Waals surface area (Å²) in [6.45, 7) is 23.5. The minimum atomic E-state index is -1.26. The Balaban J connectivity index is 0.00000327. The highest BCUT2D eigenvalue weighted by atomic mass is 16.6. The third kappa shape index (κ3) is 19.6. The molecule has 0 aromatic heterocycles. The van der Waals surface area contributed by atoms with E-state index in [0.717, 1.165) is 23.1 Å². The molecule has 1 aliphatic rings. The predicted octanol–water partition coefficient (Wildman–Crippen LogP) is 7.04. The van der Waals surface area contributed by atoms with Crippen LogP contribution in [0, 0.1) is 10.8 Å². The van der Waals surface area contributed by atoms with Gasteiger partial charge in [-0.25, -0.2) is 4.79 Å². The van der Waals surface area contributed by atoms with Crippen molar-refractivity contribution < 1.29 is 43.2 Å². The van der Waals surface area contributed by atoms with Crippen LogP contribution in [0.1, 0.15) is 73.8 Å². The number of methoxy groups -OCH3 is 1. The number of hydrogen-bond acceptors (Lipinski definition) is 9. The number of amides is 2. The van der Waals surface area contributed by atoms with E-state index in [1.54, 1.807) is 26.0 Å². The zero-order valence-corrected chi connectivity index (χ0v) is 32.1. The molecule has 0 fully saturated rings. The lowest BCUT2D eigenvalue weighted by atomic mass is 9.86. The van der Waals surface area contributed by atoms with Gasteiger partial charge >= 0.3 is 12.1 Å². The second-order valence-corrected chi connectivity index (χ2v) is 14.0. The molecular formula is C40H60N2O9. The number of aldehydes is 1. The number of aliphatic hydroxyl groups excluding tert-OH is 1. The van der Waals surface area contributed by atoms with Crippen LogP contribution in [0.5, 0.6) is 0 Å². The fourth-order valence-corrected chi connectivity index (χ4v) is 3.94. The Hall–Kier alpha value is -4.32. The molecule has 0 bridgehead atoms. The summed E-state index contributed by atoms with van der Waals surface area (Å²) in [5, 5.41) is 15.6. The predicted molar refractivity (Wildman–Crippen MR) is 202 cm³/mol. The number of esters is 1. The van der Waals surface area contributed by atoms with Crippen LogP contribution in [0.15, 0.2) is 85.1 Å². The average Bonchev–Trinajstić information content (AvgIpc) is 3.30. The summed E-state index contributed by atoms with van der Waals surface area (Å²) >= 11 is 0. The van der Waals surface area contributed by atoms with Crippen molar-refractivity contribution in [2.45, 2.75) is 86.4 Å². The molecule has 1 aromatic carbocycles. The fraction of sp³-hybridized carbons (Fsp3) is 0.500. The number of hydrogen-bond donors (Lipinski definition) is 3. The smallest absolute Gasteiger partial charge is 0.411 e. The first-order valence-electron chi connectivity index (χ1n) is 16.8. The topological polar surface area (TPSA) is 149 Å². The summed E-state index contributed by atoms with van der Waals surface area (Å²) in [5.41, 5.74) is 1.82. The highest BCUT2D eigenvalue weighted by molar-refractivity contribution is 5.85. The van der Waals surface area contributed by atoms with Crippen molar-refractivity contribution in [3.8, 4) is 0 Å². The van der Waals surface area contributed by atoms with Crippen molar-refractivity contribution in [3.63, 3.8) is 0 Å². The monoisotopic (exact) mass is 712 g/mol. The van der Waals surface area contributed by atoms with Gasteiger partial charge in [-0.05, 0) is 75.5 Å². The number of carbonyl (C=O) groups excluding carboxylic acids is 4. The van der Waals surface area contributed by atoms with Crippen LogP contribution in [0.3, 0.4) is 0 Å². The third-order valence-electron chi connectivity index (χ3n) is 7.07. The molecule has 2 rings (SSSR count). The molecule has 0 spiro atoms. The number of anilines is 1. The molecule has 51 heavy (non-hydrogen) atoms. The summed E-state index contributed by atoms with van der Waals surface area (Å²) in [4.78, 5) is 47.6. The Morgan fingerprint density at radius 2 is 1.57 bits per heavy atom. The molecule has 0 heterocycles. The minimum Gasteiger partial charge on any atom is -0.462 e. The van der Waals surface area contributed by atoms with Gasteiger partial charge in [0.1, 0.15) is 31.0 Å². The Morgan fingerprint density at radius 3 is 2.08 bits per heavy atom. The largest absolute Gasteiger partial charge is 0.462 e. The molecule has 2 atom stereocenters. The molecule has 11 heteroatoms. The second kappa shape index (κ2) is 23.2. The molecule has 0 saturated heterocycles. The number of aliphatic hydroxyl groups is 1. The SMILES string of the molecule is C=C.C=C(C)C=O.CCC(COC(=O)Nc1ccc(CC2=CC=C(NC(=O)C(C)(C)C)CC=C2)cc1)(COC(C)(C)C)C(=O)OCC(O)COC. The van der Waals surface area contributed by atoms with Gasteiger partial charge in [0.05, 0.1) is 18.8 Å². The third-order valence-corrected chi connectivity index (χ3v) is 7.07. The van der Waals surface area contributed by atoms with Crippen LogP contribution >= 0.6 is 0 Å². The van der Waals surface area contributed by atoms with Gasteiger partial charge in [0.2, 0.25) is 5.91 Å². The summed E-state index contributed by atoms with van der Waals surface area (Å²) in [6.07, 6.45) is 8.64. The maximum absolute atomic E-state index is 13.1. The van der Waals surface area contributed by atoms with Crippen LogP contribution in [0.25, 0.3) is 0 Å². The minimum absolute atomic E-state index is 0.0200. The van der Waals surface area contributed by atoms with E-state index in [2.05, 4.69) is 30.4 Å². The molecule has 3 N–H and O–H groups in total. The summed E-state index contributed by atoms with van der Waals surface area (Å²) in [6, 6.07) is 7.39. The molecule has 2 unspecified atom stereocenters. The van der Waals surface area contributed by atoms with Crippen molar-refractivity contribution in [2.75, 3.05) is 38.9 Å². The average molecular weight is 713 g/mol. The number of nitrogens with one attached hydrogen (secondary N) is 2. The van der Waals surface area contributed by atoms with Crippen molar-refractivity contribution >= 4 is 29.9 Å². The molecule has 1 aromatic rings. The van der Waals surface area contributed by atoms with Crippen molar-refractivity contribution in [1.82, 2.24) is 5.32 Å². The van der Waals surface area contributed by atoms with E-state index in [9.17, 15) is 24.3 Å². The standard InChI is InChI=1S/C34H50N2O8.C4H6O.C2H4/c1-9-34(23-44-33(5,6)7,30(39)42-21-28(37)20-41-8)22-43-31(40)36-27-17-14-25(15-18-27)19-24-11-10-12-26(16-13-24)35-29(38)32(2,3)4;1-4(2)3-5;1-2/h10-11,13-18,28,37H,9,12,19-23H2,1-8H3,(H,35,38)(H,36,40);3H,1H2,2H3;1-2H2. The van der Waals surface area contributed by atoms with Gasteiger partial charge in [0.15, 0.2) is 0 Å². The van der Waals surface area contributed by atoms with Gasteiger partial charge in [-0.2, -0.15) is 0 Å². The van der Waals surface area contributed by atoms with Crippen LogP contribution in [0.4, 0.5) is 10.5 Å². The van der Waals surface area contributed by atoms with Crippen LogP contribution in [-0.4, -0.2) is 74.6 Å². The van der Waals surface area contributed by atoms with Crippen molar-refractivity contribution in [3.05, 3.63) is 90.7 Å². The first-order chi connectivity index (χ1) is 23.8. The summed E-state index contributed by atoms with van der Waals surface area (Å²) in [7, 11) is 1.44. The lowest BCUT2D eigenvalue weighted by Gasteiger charge is -2.33. The second-order valence-electron chi connectivity index (χ2n) is 14.0. The first-order valence-corrected chi connectivity index (χ1v) is 16.8. The summed E-state index contributed by atoms with van der Waals surface area (Å²) < 4.78 is 21.6. The van der Waals surface area contributed by atoms with E-state index in [1.165, 1.54) is 7.11 Å². The Bertz CT molecular complexity index is 1370. The fourth-order valence-electron chi connectivity index (χ4n) is 3.94. The number of allylic oxidation sites excluding steroid dienone is 6. The van der Waals surface area contributed by atoms with Crippen LogP contribution in [-0.2, 0) is 39.8 Å². The summed E-state index contributed by atoms with van der Waals surface area (Å²) in [5.74, 6) is -0.649. The number of rotatable bonds is 15. The van der Waals surface area contributed by atoms with Crippen molar-refractivity contribution in [2.24, 2.45) is 10.8 Å². The maximum Gasteiger partial charge on any atom is 0.411 e. The number of ether oxygens (including phenoxy) is 4. The number of benzene rings is 1. The van der Waals surface area contributed by atoms with E-state index in [4.69, 9.17) is 18.9 Å². The molecular weight excluding hydrogens is 652 g/mol. The maximum atomic E-state index is 13.1. The van der Waals surface area contributed by atoms with Gasteiger partial charge < -0.3 is 29.4 Å². The Morgan fingerprint density at radius 1 is 0.961 bits per heavy atom. The van der Waals surface area contributed by atoms with E-state index in [0.29, 0.717) is 24.1 Å². The van der Waals surface area contributed by atoms with E-state index in [1.807, 2.05) is 78.0 Å². The lowest BCUT2D eigenvalue weighted by Crippen LogP contribution is -2.45. The quantitative estimate of drug-likeness (QED) is 0.0754. The molecule has 11 nitrogen and oxygen atoms in total. The van der Waals surface area contributed by atoms with Crippen LogP contribution < -0.4 is 10.6 Å². The van der Waals surface area contributed by atoms with E-state index >= 15 is 0 Å². The first kappa shape index (κ1) is 46.7. The highest BCUT2D eigenvalue weighted by Gasteiger charge is 2.42. The van der Waals surface area contributed by atoms with Crippen molar-refractivity contribution in [1.29, 1.82) is 0 Å². The van der Waals surface area contributed by atoms with E-state index < -0.39 is 34.6 Å². The molecule has 0 aliphatic heterocycles. The molecule has 1 aliphatic carbocycles. The Kier molecular flexibility index (Phi) is 21.2. The van der Waals surface area contributed by atoms with Gasteiger partial charge in [0, 0.05) is 30.3 Å². The normalized spacial score (nSPS) is 14.2. The van der Waals surface area contributed by atoms with Gasteiger partial charge in [-0.15, -0.1) is 13.2 Å². The van der Waals surface area contributed by atoms with Gasteiger partial charge in [0.25, 0.3) is 0 Å². The molecule has 2 amide bonds. The van der Waals surface area contributed by atoms with E-state index in [-0.39, 0.29) is 38.8 Å². The molecule has 0 saturated carbocycles. The van der Waals surface area contributed by atoms with Gasteiger partial charge in [-0.3, -0.25) is 19.7 Å². The Labute approximate surface area is 304 Å². The number of carbonyl (C=O) groups is 4. The highest BCUT2D eigenvalue weighted by Crippen LogP contribution is 2.28. The van der Waals surface area contributed by atoms with Gasteiger partial charge in [-0.1, -0.05) is 64.6 Å². The zero-order chi connectivity index (χ0) is 39.3. The van der Waals surface area contributed by atoms with Crippen LogP contribution in [0.2, 0.25) is 0 Å². The molecule has 0 radical (unpaired) electrons. The zero-order valence-electron chi connectivity index (χ0n) is 32.1. The lowest BCUT2D eigenvalue weighted by molar-refractivity contribution is -0.171.